The summed E-state index contributed by atoms with van der Waals surface area (Å²) in [7, 11) is 0. The molecule has 0 unspecified atom stereocenters. The Bertz CT molecular complexity index is 4880. The van der Waals surface area contributed by atoms with E-state index >= 15 is 0 Å². The second-order valence-corrected chi connectivity index (χ2v) is 20.1. The van der Waals surface area contributed by atoms with Crippen LogP contribution >= 0.6 is 0 Å². The van der Waals surface area contributed by atoms with Crippen molar-refractivity contribution in [3.8, 4) is 55.6 Å². The molecular weight excluding hydrogens is 905 g/mol. The quantitative estimate of drug-likeness (QED) is 0.124. The Morgan fingerprint density at radius 3 is 1.01 bits per heavy atom. The lowest BCUT2D eigenvalue weighted by Crippen LogP contribution is -1.92. The van der Waals surface area contributed by atoms with Crippen molar-refractivity contribution in [3.63, 3.8) is 0 Å². The van der Waals surface area contributed by atoms with Crippen LogP contribution < -0.4 is 0 Å². The van der Waals surface area contributed by atoms with Gasteiger partial charge in [0.2, 0.25) is 0 Å². The van der Waals surface area contributed by atoms with E-state index in [1.807, 2.05) is 0 Å². The maximum Gasteiger partial charge on any atom is 0.143 e. The number of rotatable bonds is 5. The molecule has 1 heterocycles. The van der Waals surface area contributed by atoms with E-state index in [0.717, 1.165) is 21.9 Å². The van der Waals surface area contributed by atoms with E-state index < -0.39 is 0 Å². The number of hydrogen-bond acceptors (Lipinski definition) is 1. The van der Waals surface area contributed by atoms with E-state index in [1.54, 1.807) is 0 Å². The highest BCUT2D eigenvalue weighted by Crippen LogP contribution is 2.49. The van der Waals surface area contributed by atoms with Gasteiger partial charge >= 0.3 is 0 Å². The Morgan fingerprint density at radius 1 is 0.200 bits per heavy atom. The van der Waals surface area contributed by atoms with E-state index in [2.05, 4.69) is 267 Å². The van der Waals surface area contributed by atoms with Gasteiger partial charge in [0.05, 0.1) is 0 Å². The highest BCUT2D eigenvalue weighted by molar-refractivity contribution is 6.33. The van der Waals surface area contributed by atoms with Crippen molar-refractivity contribution < 1.29 is 4.42 Å². The first-order valence-electron chi connectivity index (χ1n) is 26.0. The molecule has 0 amide bonds. The predicted molar refractivity (Wildman–Crippen MR) is 321 cm³/mol. The zero-order chi connectivity index (χ0) is 49.1. The monoisotopic (exact) mass is 948 g/mol. The van der Waals surface area contributed by atoms with Crippen LogP contribution in [0.4, 0.5) is 0 Å². The summed E-state index contributed by atoms with van der Waals surface area (Å²) < 4.78 is 6.91. The summed E-state index contributed by atoms with van der Waals surface area (Å²) in [6.45, 7) is 0. The van der Waals surface area contributed by atoms with Crippen molar-refractivity contribution in [2.75, 3.05) is 0 Å². The Morgan fingerprint density at radius 2 is 0.533 bits per heavy atom. The molecule has 0 N–H and O–H groups in total. The molecule has 16 aromatic rings. The largest absolute Gasteiger partial charge is 0.455 e. The number of benzene rings is 15. The van der Waals surface area contributed by atoms with Gasteiger partial charge in [-0.2, -0.15) is 0 Å². The fourth-order valence-electron chi connectivity index (χ4n) is 13.0. The predicted octanol–water partition coefficient (Wildman–Crippen LogP) is 21.1. The molecular formula is C74H44O. The second kappa shape index (κ2) is 16.3. The molecule has 16 rings (SSSR count). The molecule has 1 nitrogen and oxygen atoms in total. The van der Waals surface area contributed by atoms with Gasteiger partial charge in [-0.05, 0) is 155 Å². The summed E-state index contributed by atoms with van der Waals surface area (Å²) in [4.78, 5) is 0. The van der Waals surface area contributed by atoms with Crippen LogP contribution in [-0.2, 0) is 0 Å². The topological polar surface area (TPSA) is 13.1 Å². The molecule has 0 fully saturated rings. The highest BCUT2D eigenvalue weighted by atomic mass is 16.3. The third kappa shape index (κ3) is 6.25. The summed E-state index contributed by atoms with van der Waals surface area (Å²) in [5.41, 5.74) is 14.1. The van der Waals surface area contributed by atoms with Crippen LogP contribution in [0.5, 0.6) is 0 Å². The molecule has 1 aromatic heterocycles. The zero-order valence-corrected chi connectivity index (χ0v) is 40.8. The Kier molecular flexibility index (Phi) is 9.10. The van der Waals surface area contributed by atoms with Crippen LogP contribution in [0.2, 0.25) is 0 Å². The minimum absolute atomic E-state index is 0.894. The molecule has 0 atom stereocenters. The van der Waals surface area contributed by atoms with Crippen LogP contribution in [0, 0.1) is 0 Å². The molecule has 0 aliphatic carbocycles. The van der Waals surface area contributed by atoms with Gasteiger partial charge < -0.3 is 4.42 Å². The lowest BCUT2D eigenvalue weighted by molar-refractivity contribution is 0.673. The minimum atomic E-state index is 0.894. The van der Waals surface area contributed by atoms with Gasteiger partial charge in [-0.25, -0.2) is 0 Å². The van der Waals surface area contributed by atoms with E-state index in [1.165, 1.54) is 142 Å². The van der Waals surface area contributed by atoms with Crippen LogP contribution in [0.15, 0.2) is 271 Å². The van der Waals surface area contributed by atoms with E-state index in [0.29, 0.717) is 0 Å². The van der Waals surface area contributed by atoms with Crippen molar-refractivity contribution in [1.29, 1.82) is 0 Å². The van der Waals surface area contributed by atoms with Crippen molar-refractivity contribution in [3.05, 3.63) is 267 Å². The fourth-order valence-corrected chi connectivity index (χ4v) is 13.0. The molecule has 75 heavy (non-hydrogen) atoms. The SMILES string of the molecule is c1ccc2c(-c3ccc(-c4c5ccccc5c(-c5ccc(-c6c7ccccc7c(-c7ccc8oc9c(ccc%10c%11ccccc%11c%11ccccc%11c%109)c8c7)c7ccccc67)cc5)c5ccccc45)cc3)cccc2c1. The van der Waals surface area contributed by atoms with Gasteiger partial charge in [-0.15, -0.1) is 0 Å². The van der Waals surface area contributed by atoms with Gasteiger partial charge in [0.15, 0.2) is 0 Å². The first-order chi connectivity index (χ1) is 37.2. The number of hydrogen-bond donors (Lipinski definition) is 0. The molecule has 0 bridgehead atoms. The third-order valence-electron chi connectivity index (χ3n) is 16.2. The summed E-state index contributed by atoms with van der Waals surface area (Å²) >= 11 is 0. The fraction of sp³-hybridized carbons (Fsp3) is 0. The van der Waals surface area contributed by atoms with Crippen LogP contribution in [0.3, 0.4) is 0 Å². The summed E-state index contributed by atoms with van der Waals surface area (Å²) in [5, 5.41) is 22.0. The molecule has 15 aromatic carbocycles. The maximum absolute atomic E-state index is 6.91. The summed E-state index contributed by atoms with van der Waals surface area (Å²) in [6.07, 6.45) is 0. The van der Waals surface area contributed by atoms with Gasteiger partial charge in [0.1, 0.15) is 11.2 Å². The highest BCUT2D eigenvalue weighted by Gasteiger charge is 2.22. The smallest absolute Gasteiger partial charge is 0.143 e. The average molecular weight is 949 g/mol. The van der Waals surface area contributed by atoms with Crippen molar-refractivity contribution >= 4 is 108 Å². The van der Waals surface area contributed by atoms with Crippen LogP contribution in [0.1, 0.15) is 0 Å². The summed E-state index contributed by atoms with van der Waals surface area (Å²) in [6, 6.07) is 98.5. The lowest BCUT2D eigenvalue weighted by atomic mass is 9.84. The molecule has 1 heteroatoms. The van der Waals surface area contributed by atoms with Gasteiger partial charge in [-0.1, -0.05) is 249 Å². The molecule has 0 aliphatic rings. The average Bonchev–Trinajstić information content (AvgIpc) is 3.86. The molecule has 0 saturated carbocycles. The Labute approximate surface area is 432 Å². The van der Waals surface area contributed by atoms with Crippen LogP contribution in [0.25, 0.3) is 164 Å². The number of furan rings is 1. The minimum Gasteiger partial charge on any atom is -0.455 e. The van der Waals surface area contributed by atoms with Gasteiger partial charge in [0, 0.05) is 16.2 Å². The van der Waals surface area contributed by atoms with Crippen LogP contribution in [-0.4, -0.2) is 0 Å². The zero-order valence-electron chi connectivity index (χ0n) is 40.8. The molecule has 0 spiro atoms. The summed E-state index contributed by atoms with van der Waals surface area (Å²) in [5.74, 6) is 0. The standard InChI is InChI=1S/C74H44O/c1-2-18-51-45(16-1)17-15-31-52(51)46-32-34-47(35-33-46)69-57-23-7-9-25-59(57)70(60-26-10-8-24-58(60)69)48-36-38-49(39-37-48)71-61-27-11-13-29-63(61)72(64-30-14-12-28-62(64)71)50-40-43-68-67(44-50)66-42-41-65-55-21-4-3-19-53(55)54-20-5-6-22-56(54)73(65)74(66)75-68/h1-44H. The van der Waals surface area contributed by atoms with Crippen molar-refractivity contribution in [2.24, 2.45) is 0 Å². The lowest BCUT2D eigenvalue weighted by Gasteiger charge is -2.19. The van der Waals surface area contributed by atoms with Crippen molar-refractivity contribution in [1.82, 2.24) is 0 Å². The molecule has 346 valence electrons. The number of fused-ring (bicyclic) bond motifs is 15. The normalized spacial score (nSPS) is 12.0. The molecule has 0 radical (unpaired) electrons. The molecule has 0 aliphatic heterocycles. The van der Waals surface area contributed by atoms with E-state index in [-0.39, 0.29) is 0 Å². The first kappa shape index (κ1) is 41.8. The van der Waals surface area contributed by atoms with Crippen molar-refractivity contribution in [2.45, 2.75) is 0 Å². The Hall–Kier alpha value is -9.82. The van der Waals surface area contributed by atoms with E-state index in [4.69, 9.17) is 4.42 Å². The second-order valence-electron chi connectivity index (χ2n) is 20.1. The third-order valence-corrected chi connectivity index (χ3v) is 16.2. The van der Waals surface area contributed by atoms with E-state index in [9.17, 15) is 0 Å². The van der Waals surface area contributed by atoms with Gasteiger partial charge in [-0.3, -0.25) is 0 Å². The Balaban J connectivity index is 0.830. The van der Waals surface area contributed by atoms with Gasteiger partial charge in [0.25, 0.3) is 0 Å². The maximum atomic E-state index is 6.91. The first-order valence-corrected chi connectivity index (χ1v) is 26.0. The molecule has 0 saturated heterocycles.